The van der Waals surface area contributed by atoms with Gasteiger partial charge < -0.3 is 10.6 Å². The standard InChI is InChI=1S/C19H15F6N9/c1-10(18(20,21)22)28-14-30-15(29-11-2-6-27-13(8-11)17(9-26)4-5-17)32-16(31-14)34-7-3-12(33-34)19(23,24)25/h2-3,6-8,10H,4-5H2,1H3,(H2,27,28,29,30,31,32). The van der Waals surface area contributed by atoms with Crippen LogP contribution in [0.3, 0.4) is 0 Å². The van der Waals surface area contributed by atoms with E-state index in [2.05, 4.69) is 41.7 Å². The highest BCUT2D eigenvalue weighted by atomic mass is 19.4. The summed E-state index contributed by atoms with van der Waals surface area (Å²) in [5.41, 5.74) is -1.05. The molecular weight excluding hydrogens is 468 g/mol. The Labute approximate surface area is 187 Å². The zero-order chi connectivity index (χ0) is 24.7. The molecule has 3 aromatic heterocycles. The number of halogens is 6. The van der Waals surface area contributed by atoms with Crippen molar-refractivity contribution in [2.75, 3.05) is 10.6 Å². The third-order valence-electron chi connectivity index (χ3n) is 5.02. The van der Waals surface area contributed by atoms with Crippen molar-refractivity contribution in [1.82, 2.24) is 29.7 Å². The summed E-state index contributed by atoms with van der Waals surface area (Å²) in [4.78, 5) is 15.8. The van der Waals surface area contributed by atoms with Gasteiger partial charge in [0.05, 0.1) is 17.2 Å². The topological polar surface area (TPSA) is 117 Å². The van der Waals surface area contributed by atoms with Crippen molar-refractivity contribution in [3.8, 4) is 12.0 Å². The van der Waals surface area contributed by atoms with Gasteiger partial charge in [0.15, 0.2) is 5.69 Å². The van der Waals surface area contributed by atoms with E-state index in [9.17, 15) is 31.6 Å². The summed E-state index contributed by atoms with van der Waals surface area (Å²) in [5, 5.41) is 17.6. The summed E-state index contributed by atoms with van der Waals surface area (Å²) < 4.78 is 78.5. The normalized spacial score (nSPS) is 15.9. The first-order valence-electron chi connectivity index (χ1n) is 9.77. The zero-order valence-corrected chi connectivity index (χ0v) is 17.3. The largest absolute Gasteiger partial charge is 0.435 e. The van der Waals surface area contributed by atoms with E-state index in [0.717, 1.165) is 13.1 Å². The second-order valence-corrected chi connectivity index (χ2v) is 7.58. The number of rotatable bonds is 6. The minimum absolute atomic E-state index is 0.259. The van der Waals surface area contributed by atoms with Crippen molar-refractivity contribution >= 4 is 17.6 Å². The summed E-state index contributed by atoms with van der Waals surface area (Å²) in [6.07, 6.45) is -5.73. The van der Waals surface area contributed by atoms with Gasteiger partial charge in [-0.2, -0.15) is 51.7 Å². The van der Waals surface area contributed by atoms with Crippen LogP contribution < -0.4 is 10.6 Å². The molecular formula is C19H15F6N9. The number of aromatic nitrogens is 6. The van der Waals surface area contributed by atoms with Crippen molar-refractivity contribution < 1.29 is 26.3 Å². The Morgan fingerprint density at radius 1 is 1.09 bits per heavy atom. The molecule has 0 bridgehead atoms. The fourth-order valence-electron chi connectivity index (χ4n) is 2.90. The number of hydrogen-bond acceptors (Lipinski definition) is 8. The van der Waals surface area contributed by atoms with E-state index in [0.29, 0.717) is 35.0 Å². The van der Waals surface area contributed by atoms with E-state index in [1.807, 2.05) is 0 Å². The van der Waals surface area contributed by atoms with Crippen molar-refractivity contribution in [2.45, 2.75) is 43.6 Å². The number of nitriles is 1. The van der Waals surface area contributed by atoms with Gasteiger partial charge in [0, 0.05) is 18.1 Å². The summed E-state index contributed by atoms with van der Waals surface area (Å²) in [6, 6.07) is 3.90. The van der Waals surface area contributed by atoms with E-state index in [4.69, 9.17) is 0 Å². The fraction of sp³-hybridized carbons (Fsp3) is 0.368. The highest BCUT2D eigenvalue weighted by Crippen LogP contribution is 2.47. The number of nitrogens with zero attached hydrogens (tertiary/aromatic N) is 7. The Kier molecular flexibility index (Phi) is 5.54. The molecule has 0 saturated heterocycles. The van der Waals surface area contributed by atoms with E-state index in [1.54, 1.807) is 6.07 Å². The second kappa shape index (κ2) is 8.12. The van der Waals surface area contributed by atoms with Crippen LogP contribution in [0.25, 0.3) is 5.95 Å². The van der Waals surface area contributed by atoms with Crippen molar-refractivity contribution in [2.24, 2.45) is 0 Å². The molecule has 1 aliphatic carbocycles. The fourth-order valence-corrected chi connectivity index (χ4v) is 2.90. The van der Waals surface area contributed by atoms with Crippen LogP contribution in [0.2, 0.25) is 0 Å². The number of alkyl halides is 6. The molecule has 1 saturated carbocycles. The van der Waals surface area contributed by atoms with Gasteiger partial charge in [0.1, 0.15) is 6.04 Å². The SMILES string of the molecule is CC(Nc1nc(Nc2ccnc(C3(C#N)CC3)c2)nc(-n2ccc(C(F)(F)F)n2)n1)C(F)(F)F. The molecule has 15 heteroatoms. The first kappa shape index (κ1) is 23.2. The molecule has 1 atom stereocenters. The summed E-state index contributed by atoms with van der Waals surface area (Å²) in [6.45, 7) is 0.832. The Morgan fingerprint density at radius 2 is 1.79 bits per heavy atom. The molecule has 178 valence electrons. The Balaban J connectivity index is 1.70. The smallest absolute Gasteiger partial charge is 0.343 e. The quantitative estimate of drug-likeness (QED) is 0.503. The second-order valence-electron chi connectivity index (χ2n) is 7.58. The lowest BCUT2D eigenvalue weighted by Crippen LogP contribution is -2.34. The van der Waals surface area contributed by atoms with Crippen molar-refractivity contribution in [3.05, 3.63) is 42.0 Å². The van der Waals surface area contributed by atoms with Crippen LogP contribution in [-0.2, 0) is 11.6 Å². The van der Waals surface area contributed by atoms with Gasteiger partial charge in [-0.15, -0.1) is 0 Å². The monoisotopic (exact) mass is 483 g/mol. The third kappa shape index (κ3) is 4.85. The summed E-state index contributed by atoms with van der Waals surface area (Å²) in [7, 11) is 0. The van der Waals surface area contributed by atoms with Crippen LogP contribution in [0.4, 0.5) is 43.9 Å². The molecule has 0 aliphatic heterocycles. The van der Waals surface area contributed by atoms with Crippen LogP contribution in [0.1, 0.15) is 31.2 Å². The number of hydrogen-bond donors (Lipinski definition) is 2. The van der Waals surface area contributed by atoms with Gasteiger partial charge in [0.25, 0.3) is 5.95 Å². The molecule has 1 aliphatic rings. The summed E-state index contributed by atoms with van der Waals surface area (Å²) >= 11 is 0. The minimum atomic E-state index is -4.74. The Morgan fingerprint density at radius 3 is 2.38 bits per heavy atom. The Hall–Kier alpha value is -3.96. The predicted molar refractivity (Wildman–Crippen MR) is 105 cm³/mol. The Bertz CT molecular complexity index is 1240. The maximum Gasteiger partial charge on any atom is 0.435 e. The molecule has 9 nitrogen and oxygen atoms in total. The van der Waals surface area contributed by atoms with Crippen LogP contribution in [-0.4, -0.2) is 41.9 Å². The lowest BCUT2D eigenvalue weighted by molar-refractivity contribution is -0.141. The molecule has 0 aromatic carbocycles. The van der Waals surface area contributed by atoms with Crippen molar-refractivity contribution in [3.63, 3.8) is 0 Å². The molecule has 0 spiro atoms. The molecule has 4 rings (SSSR count). The maximum atomic E-state index is 13.0. The molecule has 3 heterocycles. The third-order valence-corrected chi connectivity index (χ3v) is 5.02. The lowest BCUT2D eigenvalue weighted by Gasteiger charge is -2.18. The van der Waals surface area contributed by atoms with Crippen molar-refractivity contribution in [1.29, 1.82) is 5.26 Å². The van der Waals surface area contributed by atoms with Gasteiger partial charge in [-0.05, 0) is 38.0 Å². The molecule has 0 amide bonds. The number of anilines is 3. The van der Waals surface area contributed by atoms with Gasteiger partial charge in [-0.3, -0.25) is 4.98 Å². The van der Waals surface area contributed by atoms with E-state index >= 15 is 0 Å². The first-order chi connectivity index (χ1) is 15.9. The minimum Gasteiger partial charge on any atom is -0.343 e. The van der Waals surface area contributed by atoms with E-state index in [-0.39, 0.29) is 5.95 Å². The molecule has 3 aromatic rings. The van der Waals surface area contributed by atoms with Gasteiger partial charge in [-0.1, -0.05) is 0 Å². The van der Waals surface area contributed by atoms with E-state index < -0.39 is 41.4 Å². The van der Waals surface area contributed by atoms with Gasteiger partial charge in [-0.25, -0.2) is 4.68 Å². The first-order valence-corrected chi connectivity index (χ1v) is 9.77. The lowest BCUT2D eigenvalue weighted by atomic mass is 10.0. The average Bonchev–Trinajstić information content (AvgIpc) is 3.39. The number of pyridine rings is 1. The number of nitrogens with one attached hydrogen (secondary N) is 2. The van der Waals surface area contributed by atoms with Crippen LogP contribution in [0, 0.1) is 11.3 Å². The molecule has 34 heavy (non-hydrogen) atoms. The van der Waals surface area contributed by atoms with Crippen LogP contribution in [0.5, 0.6) is 0 Å². The molecule has 1 fully saturated rings. The van der Waals surface area contributed by atoms with E-state index in [1.165, 1.54) is 12.3 Å². The highest BCUT2D eigenvalue weighted by molar-refractivity contribution is 5.56. The predicted octanol–water partition coefficient (Wildman–Crippen LogP) is 4.13. The average molecular weight is 483 g/mol. The van der Waals surface area contributed by atoms with Crippen LogP contribution in [0.15, 0.2) is 30.6 Å². The van der Waals surface area contributed by atoms with Crippen LogP contribution >= 0.6 is 0 Å². The van der Waals surface area contributed by atoms with Gasteiger partial charge >= 0.3 is 12.4 Å². The molecule has 2 N–H and O–H groups in total. The maximum absolute atomic E-state index is 13.0. The van der Waals surface area contributed by atoms with Gasteiger partial charge in [0.2, 0.25) is 11.9 Å². The molecule has 0 radical (unpaired) electrons. The zero-order valence-electron chi connectivity index (χ0n) is 17.3. The molecule has 1 unspecified atom stereocenters. The summed E-state index contributed by atoms with van der Waals surface area (Å²) in [5.74, 6) is -1.24. The highest BCUT2D eigenvalue weighted by Gasteiger charge is 2.46.